The van der Waals surface area contributed by atoms with Crippen molar-refractivity contribution >= 4 is 0 Å². The fourth-order valence-corrected chi connectivity index (χ4v) is 5.76. The first kappa shape index (κ1) is 14.8. The van der Waals surface area contributed by atoms with Crippen LogP contribution in [0.2, 0.25) is 0 Å². The number of hydrogen-bond acceptors (Lipinski definition) is 1. The van der Waals surface area contributed by atoms with Gasteiger partial charge in [0, 0.05) is 11.5 Å². The zero-order valence-electron chi connectivity index (χ0n) is 14.6. The first-order valence-electron chi connectivity index (χ1n) is 9.49. The molecule has 0 amide bonds. The van der Waals surface area contributed by atoms with E-state index in [2.05, 4.69) is 44.0 Å². The fraction of sp³-hybridized carbons (Fsp3) is 0.714. The van der Waals surface area contributed by atoms with Crippen molar-refractivity contribution < 1.29 is 0 Å². The number of likely N-dealkylation sites (N-methyl/N-ethyl adjacent to an activating group) is 1. The summed E-state index contributed by atoms with van der Waals surface area (Å²) in [4.78, 5) is 2.67. The Hall–Kier alpha value is -0.820. The molecule has 1 unspecified atom stereocenters. The third-order valence-corrected chi connectivity index (χ3v) is 7.32. The molecule has 4 atom stereocenters. The Balaban J connectivity index is 1.84. The van der Waals surface area contributed by atoms with Crippen LogP contribution in [0.3, 0.4) is 0 Å². The van der Waals surface area contributed by atoms with Gasteiger partial charge in [0.25, 0.3) is 0 Å². The van der Waals surface area contributed by atoms with E-state index >= 15 is 0 Å². The quantitative estimate of drug-likeness (QED) is 0.751. The average Bonchev–Trinajstić information content (AvgIpc) is 2.57. The van der Waals surface area contributed by atoms with Gasteiger partial charge in [0.05, 0.1) is 0 Å². The lowest BCUT2D eigenvalue weighted by atomic mass is 9.52. The number of rotatable bonds is 2. The minimum absolute atomic E-state index is 0.520. The van der Waals surface area contributed by atoms with Crippen molar-refractivity contribution in [2.45, 2.75) is 76.2 Å². The van der Waals surface area contributed by atoms with Crippen LogP contribution in [0, 0.1) is 5.92 Å². The smallest absolute Gasteiger partial charge is 0.0169 e. The Kier molecular flexibility index (Phi) is 3.60. The van der Waals surface area contributed by atoms with Gasteiger partial charge in [-0.15, -0.1) is 0 Å². The number of piperidine rings is 1. The first-order chi connectivity index (χ1) is 10.7. The van der Waals surface area contributed by atoms with Crippen molar-refractivity contribution in [3.05, 3.63) is 34.9 Å². The lowest BCUT2D eigenvalue weighted by molar-refractivity contribution is 0.00280. The fourth-order valence-electron chi connectivity index (χ4n) is 5.76. The molecule has 1 nitrogen and oxygen atoms in total. The molecule has 1 aromatic carbocycles. The van der Waals surface area contributed by atoms with Crippen LogP contribution in [0.4, 0.5) is 0 Å². The molecule has 1 saturated carbocycles. The molecule has 3 aliphatic rings. The largest absolute Gasteiger partial charge is 0.303 e. The van der Waals surface area contributed by atoms with Gasteiger partial charge in [-0.1, -0.05) is 44.9 Å². The molecule has 1 aliphatic heterocycles. The van der Waals surface area contributed by atoms with Crippen LogP contribution in [0.5, 0.6) is 0 Å². The normalized spacial score (nSPS) is 35.6. The summed E-state index contributed by atoms with van der Waals surface area (Å²) in [5.41, 5.74) is 5.53. The molecular formula is C21H31N. The van der Waals surface area contributed by atoms with Gasteiger partial charge in [0.1, 0.15) is 0 Å². The maximum Gasteiger partial charge on any atom is 0.0169 e. The van der Waals surface area contributed by atoms with E-state index in [1.807, 2.05) is 0 Å². The molecule has 1 heterocycles. The topological polar surface area (TPSA) is 3.24 Å². The highest BCUT2D eigenvalue weighted by molar-refractivity contribution is 5.44. The Morgan fingerprint density at radius 3 is 2.95 bits per heavy atom. The van der Waals surface area contributed by atoms with Gasteiger partial charge in [0.2, 0.25) is 0 Å². The predicted molar refractivity (Wildman–Crippen MR) is 93.5 cm³/mol. The predicted octanol–water partition coefficient (Wildman–Crippen LogP) is 4.89. The summed E-state index contributed by atoms with van der Waals surface area (Å²) < 4.78 is 0. The molecule has 0 spiro atoms. The number of likely N-dealkylation sites (tertiary alicyclic amines) is 1. The van der Waals surface area contributed by atoms with Gasteiger partial charge in [-0.3, -0.25) is 0 Å². The van der Waals surface area contributed by atoms with Gasteiger partial charge in [0.15, 0.2) is 0 Å². The van der Waals surface area contributed by atoms with E-state index in [1.54, 1.807) is 16.7 Å². The summed E-state index contributed by atoms with van der Waals surface area (Å²) in [7, 11) is 2.36. The van der Waals surface area contributed by atoms with Crippen molar-refractivity contribution in [1.29, 1.82) is 0 Å². The minimum Gasteiger partial charge on any atom is -0.303 e. The molecule has 4 rings (SSSR count). The van der Waals surface area contributed by atoms with Gasteiger partial charge in [-0.05, 0) is 74.2 Å². The molecule has 2 bridgehead atoms. The van der Waals surface area contributed by atoms with Gasteiger partial charge in [-0.25, -0.2) is 0 Å². The molecule has 1 heteroatoms. The third-order valence-electron chi connectivity index (χ3n) is 7.32. The SMILES string of the molecule is CCC(C)c1ccc2c(c1)[C@]13CCCC[C@@H]1[C@H](C2)N(C)CC3. The minimum atomic E-state index is 0.520. The molecule has 1 saturated heterocycles. The maximum atomic E-state index is 2.67. The summed E-state index contributed by atoms with van der Waals surface area (Å²) in [5.74, 6) is 1.62. The first-order valence-corrected chi connectivity index (χ1v) is 9.49. The standard InChI is InChI=1S/C21H31N/c1-4-15(2)16-8-9-17-14-20-18-7-5-6-10-21(18,19(17)13-16)11-12-22(20)3/h8-9,13,15,18,20H,4-7,10-12,14H2,1-3H3/t15?,18-,20+,21+/m1/s1. The second-order valence-corrected chi connectivity index (χ2v) is 8.24. The van der Waals surface area contributed by atoms with Gasteiger partial charge in [-0.2, -0.15) is 0 Å². The number of fused-ring (bicyclic) bond motifs is 1. The highest BCUT2D eigenvalue weighted by atomic mass is 15.1. The maximum absolute atomic E-state index is 2.67. The van der Waals surface area contributed by atoms with Crippen LogP contribution in [0.25, 0.3) is 0 Å². The molecule has 0 radical (unpaired) electrons. The van der Waals surface area contributed by atoms with Crippen LogP contribution in [-0.4, -0.2) is 24.5 Å². The Morgan fingerprint density at radius 2 is 2.14 bits per heavy atom. The number of hydrogen-bond donors (Lipinski definition) is 0. The lowest BCUT2D eigenvalue weighted by Crippen LogP contribution is -2.59. The molecule has 1 aromatic rings. The average molecular weight is 297 g/mol. The van der Waals surface area contributed by atoms with E-state index in [1.165, 1.54) is 51.5 Å². The van der Waals surface area contributed by atoms with Crippen molar-refractivity contribution in [2.75, 3.05) is 13.6 Å². The van der Waals surface area contributed by atoms with Crippen molar-refractivity contribution in [3.8, 4) is 0 Å². The molecule has 22 heavy (non-hydrogen) atoms. The molecule has 120 valence electrons. The van der Waals surface area contributed by atoms with Gasteiger partial charge < -0.3 is 4.90 Å². The van der Waals surface area contributed by atoms with Crippen molar-refractivity contribution in [2.24, 2.45) is 5.92 Å². The van der Waals surface area contributed by atoms with Gasteiger partial charge >= 0.3 is 0 Å². The zero-order valence-corrected chi connectivity index (χ0v) is 14.6. The van der Waals surface area contributed by atoms with Crippen molar-refractivity contribution in [3.63, 3.8) is 0 Å². The van der Waals surface area contributed by atoms with E-state index in [9.17, 15) is 0 Å². The third kappa shape index (κ3) is 2.01. The van der Waals surface area contributed by atoms with E-state index < -0.39 is 0 Å². The van der Waals surface area contributed by atoms with Crippen LogP contribution in [0.1, 0.15) is 75.0 Å². The molecule has 2 fully saturated rings. The highest BCUT2D eigenvalue weighted by Gasteiger charge is 2.52. The molecule has 2 aliphatic carbocycles. The van der Waals surface area contributed by atoms with E-state index in [-0.39, 0.29) is 0 Å². The lowest BCUT2D eigenvalue weighted by Gasteiger charge is -2.58. The van der Waals surface area contributed by atoms with Crippen LogP contribution in [-0.2, 0) is 11.8 Å². The van der Waals surface area contributed by atoms with Crippen LogP contribution >= 0.6 is 0 Å². The monoisotopic (exact) mass is 297 g/mol. The summed E-state index contributed by atoms with van der Waals surface area (Å²) in [6.45, 7) is 6.00. The Bertz CT molecular complexity index is 563. The van der Waals surface area contributed by atoms with Crippen molar-refractivity contribution in [1.82, 2.24) is 4.90 Å². The molecule has 0 aromatic heterocycles. The van der Waals surface area contributed by atoms with Crippen LogP contribution < -0.4 is 0 Å². The summed E-state index contributed by atoms with van der Waals surface area (Å²) in [6.07, 6.45) is 9.74. The van der Waals surface area contributed by atoms with E-state index in [0.717, 1.165) is 12.0 Å². The second kappa shape index (κ2) is 5.37. The summed E-state index contributed by atoms with van der Waals surface area (Å²) in [5, 5.41) is 0. The molecular weight excluding hydrogens is 266 g/mol. The van der Waals surface area contributed by atoms with E-state index in [0.29, 0.717) is 11.3 Å². The number of benzene rings is 1. The number of nitrogens with zero attached hydrogens (tertiary/aromatic N) is 1. The summed E-state index contributed by atoms with van der Waals surface area (Å²) in [6, 6.07) is 8.33. The Labute approximate surface area is 136 Å². The van der Waals surface area contributed by atoms with Crippen LogP contribution in [0.15, 0.2) is 18.2 Å². The molecule has 0 N–H and O–H groups in total. The second-order valence-electron chi connectivity index (χ2n) is 8.24. The zero-order chi connectivity index (χ0) is 15.3. The van der Waals surface area contributed by atoms with E-state index in [4.69, 9.17) is 0 Å². The summed E-state index contributed by atoms with van der Waals surface area (Å²) >= 11 is 0. The Morgan fingerprint density at radius 1 is 1.27 bits per heavy atom. The highest BCUT2D eigenvalue weighted by Crippen LogP contribution is 2.55.